The Morgan fingerprint density at radius 3 is 2.50 bits per heavy atom. The normalized spacial score (nSPS) is 23.5. The molecular formula is C33H36F5NO. The average Bonchev–Trinajstić information content (AvgIpc) is 3.59. The predicted octanol–water partition coefficient (Wildman–Crippen LogP) is 9.37. The van der Waals surface area contributed by atoms with E-state index in [1.807, 2.05) is 18.2 Å². The van der Waals surface area contributed by atoms with Gasteiger partial charge >= 0.3 is 12.8 Å². The van der Waals surface area contributed by atoms with Crippen LogP contribution in [0.1, 0.15) is 93.2 Å². The summed E-state index contributed by atoms with van der Waals surface area (Å²) in [5.41, 5.74) is 6.26. The van der Waals surface area contributed by atoms with E-state index in [0.29, 0.717) is 17.9 Å². The molecule has 0 radical (unpaired) electrons. The number of halogens is 5. The number of pyridine rings is 1. The number of hydrogen-bond acceptors (Lipinski definition) is 2. The van der Waals surface area contributed by atoms with Crippen LogP contribution in [0, 0.1) is 41.9 Å². The lowest BCUT2D eigenvalue weighted by Crippen LogP contribution is -2.20. The Balaban J connectivity index is 1.61. The zero-order valence-electron chi connectivity index (χ0n) is 23.5. The number of aromatic nitrogens is 1. The maximum absolute atomic E-state index is 13.2. The van der Waals surface area contributed by atoms with E-state index >= 15 is 0 Å². The molecule has 1 aromatic carbocycles. The van der Waals surface area contributed by atoms with E-state index in [0.717, 1.165) is 65.6 Å². The van der Waals surface area contributed by atoms with Gasteiger partial charge in [0.2, 0.25) is 0 Å². The SMILES string of the molecule is CCCC#CC1=C(c2ccc(CCC(C)C(F)(F)F)cn2)C2C(C(C)c3cc(OC(F)F)c(C)cc31)C21CCC1. The Morgan fingerprint density at radius 1 is 1.18 bits per heavy atom. The number of ether oxygens (including phenoxy) is 1. The number of alkyl halides is 5. The molecule has 4 atom stereocenters. The van der Waals surface area contributed by atoms with Gasteiger partial charge in [-0.2, -0.15) is 22.0 Å². The summed E-state index contributed by atoms with van der Waals surface area (Å²) >= 11 is 0. The summed E-state index contributed by atoms with van der Waals surface area (Å²) in [4.78, 5) is 4.81. The number of aryl methyl sites for hydroxylation is 2. The molecule has 0 amide bonds. The molecule has 214 valence electrons. The van der Waals surface area contributed by atoms with Crippen molar-refractivity contribution in [2.45, 2.75) is 91.3 Å². The number of nitrogens with zero attached hydrogens (tertiary/aromatic N) is 1. The molecule has 1 spiro atoms. The van der Waals surface area contributed by atoms with Crippen LogP contribution in [0.3, 0.4) is 0 Å². The highest BCUT2D eigenvalue weighted by Gasteiger charge is 2.70. The summed E-state index contributed by atoms with van der Waals surface area (Å²) in [5.74, 6) is 6.33. The topological polar surface area (TPSA) is 22.1 Å². The first-order valence-electron chi connectivity index (χ1n) is 14.3. The van der Waals surface area contributed by atoms with E-state index in [1.54, 1.807) is 19.2 Å². The highest BCUT2D eigenvalue weighted by Crippen LogP contribution is 2.78. The van der Waals surface area contributed by atoms with Gasteiger partial charge in [0.1, 0.15) is 5.75 Å². The number of allylic oxidation sites excluding steroid dienone is 2. The number of rotatable bonds is 7. The van der Waals surface area contributed by atoms with Crippen molar-refractivity contribution >= 4 is 11.1 Å². The highest BCUT2D eigenvalue weighted by atomic mass is 19.4. The Bertz CT molecular complexity index is 1340. The molecule has 0 bridgehead atoms. The second-order valence-corrected chi connectivity index (χ2v) is 11.8. The predicted molar refractivity (Wildman–Crippen MR) is 147 cm³/mol. The Labute approximate surface area is 233 Å². The quantitative estimate of drug-likeness (QED) is 0.250. The summed E-state index contributed by atoms with van der Waals surface area (Å²) in [6.07, 6.45) is 2.85. The van der Waals surface area contributed by atoms with Gasteiger partial charge in [-0.15, -0.1) is 0 Å². The fraction of sp³-hybridized carbons (Fsp3) is 0.545. The zero-order chi connectivity index (χ0) is 28.8. The molecule has 1 heterocycles. The largest absolute Gasteiger partial charge is 0.435 e. The maximum Gasteiger partial charge on any atom is 0.391 e. The smallest absolute Gasteiger partial charge is 0.391 e. The molecule has 3 aliphatic carbocycles. The summed E-state index contributed by atoms with van der Waals surface area (Å²) in [6, 6.07) is 7.53. The van der Waals surface area contributed by atoms with Gasteiger partial charge in [0, 0.05) is 18.2 Å². The minimum atomic E-state index is -4.20. The molecule has 3 aliphatic rings. The standard InChI is InChI=1S/C33H36F5NO/c1-5-6-7-9-23-25-16-19(2)27(40-31(34)35)17-24(25)21(4)29-30(32(29)14-8-15-32)28(23)26-13-12-22(18-39-26)11-10-20(3)33(36,37)38/h12-13,16-18,20-21,29-31H,5-6,8,10-11,14-15H2,1-4H3. The van der Waals surface area contributed by atoms with Crippen LogP contribution in [-0.2, 0) is 6.42 Å². The van der Waals surface area contributed by atoms with Gasteiger partial charge < -0.3 is 4.74 Å². The van der Waals surface area contributed by atoms with Crippen LogP contribution < -0.4 is 4.74 Å². The first kappa shape index (κ1) is 28.6. The molecule has 5 rings (SSSR count). The van der Waals surface area contributed by atoms with Crippen molar-refractivity contribution in [1.82, 2.24) is 4.98 Å². The van der Waals surface area contributed by atoms with Gasteiger partial charge in [-0.3, -0.25) is 4.98 Å². The first-order chi connectivity index (χ1) is 19.0. The molecule has 0 N–H and O–H groups in total. The van der Waals surface area contributed by atoms with Crippen LogP contribution >= 0.6 is 0 Å². The highest BCUT2D eigenvalue weighted by molar-refractivity contribution is 6.01. The minimum absolute atomic E-state index is 0.0158. The van der Waals surface area contributed by atoms with Gasteiger partial charge in [-0.25, -0.2) is 0 Å². The lowest BCUT2D eigenvalue weighted by molar-refractivity contribution is -0.170. The van der Waals surface area contributed by atoms with Crippen LogP contribution in [0.25, 0.3) is 11.1 Å². The van der Waals surface area contributed by atoms with E-state index in [-0.39, 0.29) is 29.4 Å². The Hall–Kier alpha value is -2.88. The fourth-order valence-electron chi connectivity index (χ4n) is 7.00. The third-order valence-corrected chi connectivity index (χ3v) is 9.37. The number of hydrogen-bond donors (Lipinski definition) is 0. The molecule has 2 saturated carbocycles. The Morgan fingerprint density at radius 2 is 1.93 bits per heavy atom. The van der Waals surface area contributed by atoms with Crippen molar-refractivity contribution in [1.29, 1.82) is 0 Å². The van der Waals surface area contributed by atoms with Gasteiger partial charge in [-0.05, 0) is 108 Å². The van der Waals surface area contributed by atoms with Crippen molar-refractivity contribution in [2.75, 3.05) is 0 Å². The van der Waals surface area contributed by atoms with Crippen LogP contribution in [0.15, 0.2) is 30.5 Å². The molecule has 2 fully saturated rings. The molecule has 2 aromatic rings. The van der Waals surface area contributed by atoms with E-state index in [2.05, 4.69) is 25.7 Å². The minimum Gasteiger partial charge on any atom is -0.435 e. The molecular weight excluding hydrogens is 521 g/mol. The van der Waals surface area contributed by atoms with Crippen molar-refractivity contribution in [3.63, 3.8) is 0 Å². The third kappa shape index (κ3) is 5.15. The second-order valence-electron chi connectivity index (χ2n) is 11.8. The van der Waals surface area contributed by atoms with Crippen LogP contribution in [0.4, 0.5) is 22.0 Å². The molecule has 1 aromatic heterocycles. The van der Waals surface area contributed by atoms with Gasteiger partial charge in [0.05, 0.1) is 11.6 Å². The lowest BCUT2D eigenvalue weighted by atomic mass is 9.73. The first-order valence-corrected chi connectivity index (χ1v) is 14.3. The van der Waals surface area contributed by atoms with Crippen molar-refractivity contribution in [3.05, 3.63) is 58.4 Å². The molecule has 0 aliphatic heterocycles. The van der Waals surface area contributed by atoms with Crippen molar-refractivity contribution in [3.8, 4) is 17.6 Å². The van der Waals surface area contributed by atoms with Crippen molar-refractivity contribution < 1.29 is 26.7 Å². The Kier molecular flexibility index (Phi) is 7.76. The van der Waals surface area contributed by atoms with Crippen LogP contribution in [-0.4, -0.2) is 17.8 Å². The van der Waals surface area contributed by atoms with E-state index in [4.69, 9.17) is 9.72 Å². The summed E-state index contributed by atoms with van der Waals surface area (Å²) < 4.78 is 70.4. The number of unbranched alkanes of at least 4 members (excludes halogenated alkanes) is 1. The van der Waals surface area contributed by atoms with E-state index < -0.39 is 18.7 Å². The number of benzene rings is 1. The molecule has 2 nitrogen and oxygen atoms in total. The molecule has 4 unspecified atom stereocenters. The summed E-state index contributed by atoms with van der Waals surface area (Å²) in [7, 11) is 0. The van der Waals surface area contributed by atoms with Crippen molar-refractivity contribution in [2.24, 2.45) is 23.2 Å². The zero-order valence-corrected chi connectivity index (χ0v) is 23.5. The molecule has 7 heteroatoms. The van der Waals surface area contributed by atoms with E-state index in [1.165, 1.54) is 6.92 Å². The molecule has 0 saturated heterocycles. The van der Waals surface area contributed by atoms with Gasteiger partial charge in [0.15, 0.2) is 0 Å². The average molecular weight is 558 g/mol. The fourth-order valence-corrected chi connectivity index (χ4v) is 7.00. The molecule has 40 heavy (non-hydrogen) atoms. The summed E-state index contributed by atoms with van der Waals surface area (Å²) in [6.45, 7) is 4.34. The third-order valence-electron chi connectivity index (χ3n) is 9.37. The van der Waals surface area contributed by atoms with E-state index in [9.17, 15) is 22.0 Å². The van der Waals surface area contributed by atoms with Gasteiger partial charge in [0.25, 0.3) is 0 Å². The number of fused-ring (bicyclic) bond motifs is 4. The monoisotopic (exact) mass is 557 g/mol. The lowest BCUT2D eigenvalue weighted by Gasteiger charge is -2.32. The van der Waals surface area contributed by atoms with Crippen LogP contribution in [0.2, 0.25) is 0 Å². The maximum atomic E-state index is 13.2. The van der Waals surface area contributed by atoms with Gasteiger partial charge in [-0.1, -0.05) is 45.1 Å². The second kappa shape index (κ2) is 10.8. The summed E-state index contributed by atoms with van der Waals surface area (Å²) in [5, 5.41) is 0. The van der Waals surface area contributed by atoms with Crippen LogP contribution in [0.5, 0.6) is 5.75 Å².